The summed E-state index contributed by atoms with van der Waals surface area (Å²) in [4.78, 5) is 2.53. The van der Waals surface area contributed by atoms with Gasteiger partial charge in [-0.3, -0.25) is 0 Å². The Balaban J connectivity index is 2.91. The Morgan fingerprint density at radius 1 is 1.21 bits per heavy atom. The molecule has 1 rings (SSSR count). The van der Waals surface area contributed by atoms with Crippen LogP contribution in [-0.2, 0) is 0 Å². The summed E-state index contributed by atoms with van der Waals surface area (Å²) in [5, 5.41) is 3.83. The van der Waals surface area contributed by atoms with E-state index in [1.165, 1.54) is 38.5 Å². The zero-order valence-electron chi connectivity index (χ0n) is 14.1. The summed E-state index contributed by atoms with van der Waals surface area (Å²) in [6.45, 7) is 10.5. The molecule has 0 aliphatic heterocycles. The molecule has 2 atom stereocenters. The van der Waals surface area contributed by atoms with Gasteiger partial charge in [0.2, 0.25) is 0 Å². The Morgan fingerprint density at radius 3 is 2.21 bits per heavy atom. The third-order valence-electron chi connectivity index (χ3n) is 5.35. The van der Waals surface area contributed by atoms with Crippen molar-refractivity contribution in [2.45, 2.75) is 77.8 Å². The molecule has 0 aromatic carbocycles. The monoisotopic (exact) mass is 268 g/mol. The van der Waals surface area contributed by atoms with Gasteiger partial charge in [-0.25, -0.2) is 0 Å². The second kappa shape index (κ2) is 7.64. The van der Waals surface area contributed by atoms with E-state index in [1.54, 1.807) is 0 Å². The lowest BCUT2D eigenvalue weighted by Crippen LogP contribution is -2.62. The lowest BCUT2D eigenvalue weighted by molar-refractivity contribution is 0.0229. The van der Waals surface area contributed by atoms with E-state index < -0.39 is 0 Å². The number of hydrogen-bond acceptors (Lipinski definition) is 2. The zero-order valence-corrected chi connectivity index (χ0v) is 14.1. The van der Waals surface area contributed by atoms with Gasteiger partial charge in [0.1, 0.15) is 0 Å². The molecule has 1 N–H and O–H groups in total. The quantitative estimate of drug-likeness (QED) is 0.753. The smallest absolute Gasteiger partial charge is 0.0359 e. The van der Waals surface area contributed by atoms with E-state index in [0.29, 0.717) is 11.6 Å². The van der Waals surface area contributed by atoms with Crippen LogP contribution in [0.15, 0.2) is 0 Å². The Hall–Kier alpha value is -0.0800. The average molecular weight is 268 g/mol. The zero-order chi connectivity index (χ0) is 14.5. The first-order valence-corrected chi connectivity index (χ1v) is 8.38. The fourth-order valence-corrected chi connectivity index (χ4v) is 4.06. The second-order valence-corrected chi connectivity index (χ2v) is 6.98. The fourth-order valence-electron chi connectivity index (χ4n) is 4.06. The number of likely N-dealkylation sites (N-methyl/N-ethyl adjacent to an activating group) is 2. The summed E-state index contributed by atoms with van der Waals surface area (Å²) in [6.07, 6.45) is 8.11. The highest BCUT2D eigenvalue weighted by Gasteiger charge is 2.44. The van der Waals surface area contributed by atoms with Gasteiger partial charge in [-0.2, -0.15) is 0 Å². The summed E-state index contributed by atoms with van der Waals surface area (Å²) in [7, 11) is 4.58. The van der Waals surface area contributed by atoms with E-state index in [2.05, 4.69) is 52.0 Å². The van der Waals surface area contributed by atoms with Crippen molar-refractivity contribution in [2.24, 2.45) is 11.8 Å². The number of hydrogen-bond donors (Lipinski definition) is 1. The van der Waals surface area contributed by atoms with E-state index in [9.17, 15) is 0 Å². The molecule has 0 amide bonds. The average Bonchev–Trinajstić information content (AvgIpc) is 2.37. The van der Waals surface area contributed by atoms with Gasteiger partial charge in [-0.15, -0.1) is 0 Å². The van der Waals surface area contributed by atoms with E-state index in [0.717, 1.165) is 18.4 Å². The van der Waals surface area contributed by atoms with Crippen LogP contribution in [0.1, 0.15) is 66.2 Å². The maximum atomic E-state index is 3.83. The van der Waals surface area contributed by atoms with Crippen LogP contribution in [0.2, 0.25) is 0 Å². The molecule has 0 aromatic heterocycles. The van der Waals surface area contributed by atoms with Crippen LogP contribution in [0.4, 0.5) is 0 Å². The van der Waals surface area contributed by atoms with Crippen LogP contribution in [0.3, 0.4) is 0 Å². The summed E-state index contributed by atoms with van der Waals surface area (Å²) in [5.41, 5.74) is 0.372. The summed E-state index contributed by atoms with van der Waals surface area (Å²) in [5.74, 6) is 1.68. The number of nitrogens with zero attached hydrogens (tertiary/aromatic N) is 1. The highest BCUT2D eigenvalue weighted by atomic mass is 15.2. The summed E-state index contributed by atoms with van der Waals surface area (Å²) in [6, 6.07) is 0.639. The molecule has 0 aromatic rings. The van der Waals surface area contributed by atoms with Crippen molar-refractivity contribution in [3.63, 3.8) is 0 Å². The molecule has 0 spiro atoms. The lowest BCUT2D eigenvalue weighted by Gasteiger charge is -2.52. The van der Waals surface area contributed by atoms with Crippen LogP contribution in [0.25, 0.3) is 0 Å². The maximum absolute atomic E-state index is 3.83. The molecule has 0 saturated heterocycles. The Kier molecular flexibility index (Phi) is 6.82. The SMILES string of the molecule is CCCC(C)C(NCC)C1(N(C)C)CCC(C)CC1. The van der Waals surface area contributed by atoms with Gasteiger partial charge in [0.05, 0.1) is 0 Å². The van der Waals surface area contributed by atoms with Gasteiger partial charge >= 0.3 is 0 Å². The third-order valence-corrected chi connectivity index (χ3v) is 5.35. The minimum Gasteiger partial charge on any atom is -0.312 e. The molecule has 2 unspecified atom stereocenters. The molecule has 0 heterocycles. The molecule has 2 nitrogen and oxygen atoms in total. The van der Waals surface area contributed by atoms with Crippen molar-refractivity contribution in [3.05, 3.63) is 0 Å². The van der Waals surface area contributed by atoms with Gasteiger partial charge in [0.15, 0.2) is 0 Å². The van der Waals surface area contributed by atoms with Crippen LogP contribution >= 0.6 is 0 Å². The molecule has 0 radical (unpaired) electrons. The normalized spacial score (nSPS) is 31.4. The predicted molar refractivity (Wildman–Crippen MR) is 85.6 cm³/mol. The molecule has 1 saturated carbocycles. The fraction of sp³-hybridized carbons (Fsp3) is 1.00. The predicted octanol–water partition coefficient (Wildman–Crippen LogP) is 3.91. The minimum absolute atomic E-state index is 0.372. The molecule has 1 aliphatic carbocycles. The molecule has 1 fully saturated rings. The van der Waals surface area contributed by atoms with Gasteiger partial charge in [-0.05, 0) is 64.6 Å². The van der Waals surface area contributed by atoms with Crippen molar-refractivity contribution in [3.8, 4) is 0 Å². The Morgan fingerprint density at radius 2 is 1.79 bits per heavy atom. The second-order valence-electron chi connectivity index (χ2n) is 6.98. The third kappa shape index (κ3) is 3.95. The molecule has 19 heavy (non-hydrogen) atoms. The lowest BCUT2D eigenvalue weighted by atomic mass is 9.68. The van der Waals surface area contributed by atoms with E-state index >= 15 is 0 Å². The topological polar surface area (TPSA) is 15.3 Å². The van der Waals surface area contributed by atoms with Gasteiger partial charge in [0, 0.05) is 11.6 Å². The first kappa shape index (κ1) is 17.0. The Labute approximate surface area is 121 Å². The largest absolute Gasteiger partial charge is 0.312 e. The standard InChI is InChI=1S/C17H36N2/c1-7-9-15(4)16(18-8-2)17(19(5)6)12-10-14(3)11-13-17/h14-16,18H,7-13H2,1-6H3. The van der Waals surface area contributed by atoms with Gasteiger partial charge < -0.3 is 10.2 Å². The molecule has 1 aliphatic rings. The van der Waals surface area contributed by atoms with Crippen LogP contribution in [0.5, 0.6) is 0 Å². The Bertz CT molecular complexity index is 242. The van der Waals surface area contributed by atoms with Crippen molar-refractivity contribution >= 4 is 0 Å². The van der Waals surface area contributed by atoms with Crippen molar-refractivity contribution in [1.29, 1.82) is 0 Å². The highest BCUT2D eigenvalue weighted by Crippen LogP contribution is 2.40. The number of rotatable bonds is 7. The summed E-state index contributed by atoms with van der Waals surface area (Å²) >= 11 is 0. The van der Waals surface area contributed by atoms with Crippen molar-refractivity contribution in [1.82, 2.24) is 10.2 Å². The van der Waals surface area contributed by atoms with Gasteiger partial charge in [0.25, 0.3) is 0 Å². The van der Waals surface area contributed by atoms with Crippen molar-refractivity contribution in [2.75, 3.05) is 20.6 Å². The molecular formula is C17H36N2. The van der Waals surface area contributed by atoms with Crippen LogP contribution < -0.4 is 5.32 Å². The number of nitrogens with one attached hydrogen (secondary N) is 1. The first-order chi connectivity index (χ1) is 8.97. The highest BCUT2D eigenvalue weighted by molar-refractivity contribution is 5.03. The van der Waals surface area contributed by atoms with E-state index in [4.69, 9.17) is 0 Å². The van der Waals surface area contributed by atoms with Crippen LogP contribution in [-0.4, -0.2) is 37.1 Å². The first-order valence-electron chi connectivity index (χ1n) is 8.38. The van der Waals surface area contributed by atoms with E-state index in [-0.39, 0.29) is 0 Å². The molecular weight excluding hydrogens is 232 g/mol. The van der Waals surface area contributed by atoms with E-state index in [1.807, 2.05) is 0 Å². The summed E-state index contributed by atoms with van der Waals surface area (Å²) < 4.78 is 0. The van der Waals surface area contributed by atoms with Crippen molar-refractivity contribution < 1.29 is 0 Å². The molecule has 0 bridgehead atoms. The minimum atomic E-state index is 0.372. The molecule has 114 valence electrons. The van der Waals surface area contributed by atoms with Gasteiger partial charge in [-0.1, -0.05) is 34.1 Å². The maximum Gasteiger partial charge on any atom is 0.0359 e. The molecule has 2 heteroatoms. The van der Waals surface area contributed by atoms with Crippen LogP contribution in [0, 0.1) is 11.8 Å².